The maximum absolute atomic E-state index is 9.02. The van der Waals surface area contributed by atoms with Crippen molar-refractivity contribution in [1.29, 1.82) is 5.26 Å². The Morgan fingerprint density at radius 2 is 2.17 bits per heavy atom. The van der Waals surface area contributed by atoms with E-state index >= 15 is 0 Å². The van der Waals surface area contributed by atoms with Gasteiger partial charge in [0, 0.05) is 10.2 Å². The van der Waals surface area contributed by atoms with Crippen molar-refractivity contribution in [1.82, 2.24) is 4.98 Å². The number of nitrogens with two attached hydrogens (primary N) is 1. The van der Waals surface area contributed by atoms with Crippen LogP contribution in [-0.4, -0.2) is 4.98 Å². The van der Waals surface area contributed by atoms with Crippen molar-refractivity contribution in [3.63, 3.8) is 0 Å². The summed E-state index contributed by atoms with van der Waals surface area (Å²) in [5.74, 6) is 0.502. The summed E-state index contributed by atoms with van der Waals surface area (Å²) in [6.45, 7) is 2.01. The number of rotatable bonds is 2. The van der Waals surface area contributed by atoms with Crippen LogP contribution in [0.3, 0.4) is 0 Å². The lowest BCUT2D eigenvalue weighted by Gasteiger charge is -2.09. The first kappa shape index (κ1) is 12.4. The molecule has 0 bridgehead atoms. The first-order valence-corrected chi connectivity index (χ1v) is 6.08. The molecular formula is C13H11BrN4. The maximum Gasteiger partial charge on any atom is 0.148 e. The van der Waals surface area contributed by atoms with Gasteiger partial charge in [-0.25, -0.2) is 4.98 Å². The summed E-state index contributed by atoms with van der Waals surface area (Å²) in [5, 5.41) is 12.1. The fourth-order valence-electron chi connectivity index (χ4n) is 1.47. The Bertz CT molecular complexity index is 631. The van der Waals surface area contributed by atoms with Gasteiger partial charge in [-0.3, -0.25) is 0 Å². The summed E-state index contributed by atoms with van der Waals surface area (Å²) in [5.41, 5.74) is 8.50. The molecule has 0 aliphatic rings. The van der Waals surface area contributed by atoms with Gasteiger partial charge in [-0.2, -0.15) is 5.26 Å². The van der Waals surface area contributed by atoms with Crippen molar-refractivity contribution >= 4 is 33.1 Å². The number of nitrogens with one attached hydrogen (secondary N) is 1. The molecule has 0 aliphatic heterocycles. The number of anilines is 3. The molecule has 18 heavy (non-hydrogen) atoms. The van der Waals surface area contributed by atoms with E-state index in [0.717, 1.165) is 15.7 Å². The van der Waals surface area contributed by atoms with Crippen molar-refractivity contribution in [2.45, 2.75) is 6.92 Å². The van der Waals surface area contributed by atoms with Crippen molar-refractivity contribution in [2.75, 3.05) is 11.1 Å². The highest BCUT2D eigenvalue weighted by Gasteiger charge is 2.05. The third-order valence-electron chi connectivity index (χ3n) is 2.46. The molecule has 4 nitrogen and oxygen atoms in total. The lowest BCUT2D eigenvalue weighted by atomic mass is 10.2. The smallest absolute Gasteiger partial charge is 0.148 e. The number of hydrogen-bond acceptors (Lipinski definition) is 4. The van der Waals surface area contributed by atoms with Gasteiger partial charge in [0.2, 0.25) is 0 Å². The largest absolute Gasteiger partial charge is 0.397 e. The van der Waals surface area contributed by atoms with Gasteiger partial charge < -0.3 is 11.1 Å². The molecule has 3 N–H and O–H groups in total. The van der Waals surface area contributed by atoms with Crippen LogP contribution in [0.4, 0.5) is 17.2 Å². The van der Waals surface area contributed by atoms with Gasteiger partial charge in [0.15, 0.2) is 0 Å². The zero-order chi connectivity index (χ0) is 13.1. The number of nitriles is 1. The topological polar surface area (TPSA) is 74.7 Å². The monoisotopic (exact) mass is 302 g/mol. The third kappa shape index (κ3) is 2.60. The molecule has 0 unspecified atom stereocenters. The lowest BCUT2D eigenvalue weighted by Crippen LogP contribution is -1.98. The summed E-state index contributed by atoms with van der Waals surface area (Å²) in [7, 11) is 0. The van der Waals surface area contributed by atoms with E-state index in [-0.39, 0.29) is 0 Å². The molecule has 0 radical (unpaired) electrons. The predicted molar refractivity (Wildman–Crippen MR) is 75.5 cm³/mol. The van der Waals surface area contributed by atoms with Crippen LogP contribution in [0.15, 0.2) is 34.9 Å². The van der Waals surface area contributed by atoms with E-state index < -0.39 is 0 Å². The van der Waals surface area contributed by atoms with Crippen molar-refractivity contribution < 1.29 is 0 Å². The molecule has 0 aliphatic carbocycles. The molecule has 2 rings (SSSR count). The van der Waals surface area contributed by atoms with E-state index in [1.54, 1.807) is 6.07 Å². The van der Waals surface area contributed by atoms with Crippen molar-refractivity contribution in [2.24, 2.45) is 0 Å². The van der Waals surface area contributed by atoms with Crippen LogP contribution in [0, 0.1) is 18.3 Å². The summed E-state index contributed by atoms with van der Waals surface area (Å²) in [6.07, 6.45) is 1.52. The minimum Gasteiger partial charge on any atom is -0.397 e. The molecule has 5 heteroatoms. The van der Waals surface area contributed by atoms with Crippen LogP contribution in [0.5, 0.6) is 0 Å². The van der Waals surface area contributed by atoms with E-state index in [4.69, 9.17) is 11.0 Å². The summed E-state index contributed by atoms with van der Waals surface area (Å²) < 4.78 is 1.00. The first-order valence-electron chi connectivity index (χ1n) is 5.29. The van der Waals surface area contributed by atoms with E-state index in [2.05, 4.69) is 32.3 Å². The van der Waals surface area contributed by atoms with Gasteiger partial charge in [0.1, 0.15) is 11.9 Å². The molecule has 0 amide bonds. The fourth-order valence-corrected chi connectivity index (χ4v) is 1.85. The number of nitrogen functional groups attached to an aromatic ring is 1. The van der Waals surface area contributed by atoms with E-state index in [9.17, 15) is 0 Å². The molecule has 1 heterocycles. The molecule has 0 atom stereocenters. The van der Waals surface area contributed by atoms with Gasteiger partial charge in [-0.05, 0) is 30.7 Å². The number of aryl methyl sites for hydroxylation is 1. The Balaban J connectivity index is 2.34. The number of pyridine rings is 1. The molecule has 0 spiro atoms. The average molecular weight is 303 g/mol. The standard InChI is InChI=1S/C13H11BrN4/c1-8-2-3-11(5-12(8)14)18-13-9(6-15)4-10(16)7-17-13/h2-5,7H,16H2,1H3,(H,17,18). The molecule has 0 saturated heterocycles. The summed E-state index contributed by atoms with van der Waals surface area (Å²) in [4.78, 5) is 4.12. The van der Waals surface area contributed by atoms with Gasteiger partial charge in [-0.15, -0.1) is 0 Å². The van der Waals surface area contributed by atoms with Crippen LogP contribution in [-0.2, 0) is 0 Å². The number of nitrogens with zero attached hydrogens (tertiary/aromatic N) is 2. The molecule has 0 saturated carbocycles. The highest BCUT2D eigenvalue weighted by Crippen LogP contribution is 2.24. The number of hydrogen-bond donors (Lipinski definition) is 2. The van der Waals surface area contributed by atoms with Gasteiger partial charge in [0.25, 0.3) is 0 Å². The molecular weight excluding hydrogens is 292 g/mol. The normalized spacial score (nSPS) is 9.83. The quantitative estimate of drug-likeness (QED) is 0.892. The average Bonchev–Trinajstić information content (AvgIpc) is 2.36. The molecule has 1 aromatic heterocycles. The Kier molecular flexibility index (Phi) is 3.49. The Morgan fingerprint density at radius 3 is 2.83 bits per heavy atom. The number of aromatic nitrogens is 1. The molecule has 1 aromatic carbocycles. The highest BCUT2D eigenvalue weighted by molar-refractivity contribution is 9.10. The lowest BCUT2D eigenvalue weighted by molar-refractivity contribution is 1.28. The van der Waals surface area contributed by atoms with E-state index in [0.29, 0.717) is 17.1 Å². The second-order valence-electron chi connectivity index (χ2n) is 3.87. The van der Waals surface area contributed by atoms with Gasteiger partial charge in [0.05, 0.1) is 17.4 Å². The van der Waals surface area contributed by atoms with Crippen LogP contribution in [0.25, 0.3) is 0 Å². The van der Waals surface area contributed by atoms with E-state index in [1.807, 2.05) is 25.1 Å². The zero-order valence-electron chi connectivity index (χ0n) is 9.74. The van der Waals surface area contributed by atoms with E-state index in [1.165, 1.54) is 6.20 Å². The third-order valence-corrected chi connectivity index (χ3v) is 3.32. The van der Waals surface area contributed by atoms with Crippen molar-refractivity contribution in [3.8, 4) is 6.07 Å². The Hall–Kier alpha value is -2.06. The van der Waals surface area contributed by atoms with Crippen molar-refractivity contribution in [3.05, 3.63) is 46.1 Å². The maximum atomic E-state index is 9.02. The van der Waals surface area contributed by atoms with Crippen LogP contribution >= 0.6 is 15.9 Å². The zero-order valence-corrected chi connectivity index (χ0v) is 11.3. The predicted octanol–water partition coefficient (Wildman–Crippen LogP) is 3.35. The minimum absolute atomic E-state index is 0.423. The molecule has 2 aromatic rings. The fraction of sp³-hybridized carbons (Fsp3) is 0.0769. The highest BCUT2D eigenvalue weighted by atomic mass is 79.9. The van der Waals surface area contributed by atoms with Crippen LogP contribution in [0.2, 0.25) is 0 Å². The second-order valence-corrected chi connectivity index (χ2v) is 4.72. The number of benzene rings is 1. The molecule has 90 valence electrons. The summed E-state index contributed by atoms with van der Waals surface area (Å²) in [6, 6.07) is 9.51. The SMILES string of the molecule is Cc1ccc(Nc2ncc(N)cc2C#N)cc1Br. The second kappa shape index (κ2) is 5.07. The molecule has 0 fully saturated rings. The summed E-state index contributed by atoms with van der Waals surface area (Å²) >= 11 is 3.46. The first-order chi connectivity index (χ1) is 8.60. The Labute approximate surface area is 114 Å². The van der Waals surface area contributed by atoms with Gasteiger partial charge >= 0.3 is 0 Å². The van der Waals surface area contributed by atoms with Crippen LogP contribution < -0.4 is 11.1 Å². The van der Waals surface area contributed by atoms with Crippen LogP contribution in [0.1, 0.15) is 11.1 Å². The number of halogens is 1. The Morgan fingerprint density at radius 1 is 1.39 bits per heavy atom. The minimum atomic E-state index is 0.423. The van der Waals surface area contributed by atoms with Gasteiger partial charge in [-0.1, -0.05) is 22.0 Å².